The van der Waals surface area contributed by atoms with Gasteiger partial charge in [0.2, 0.25) is 0 Å². The average Bonchev–Trinajstić information content (AvgIpc) is 3.06. The second kappa shape index (κ2) is 7.01. The highest BCUT2D eigenvalue weighted by Gasteiger charge is 2.28. The van der Waals surface area contributed by atoms with Crippen molar-refractivity contribution >= 4 is 5.91 Å². The number of aryl methyl sites for hydroxylation is 1. The molecular formula is C19H24N2O2. The smallest absolute Gasteiger partial charge is 0.254 e. The Hall–Kier alpha value is -2.07. The summed E-state index contributed by atoms with van der Waals surface area (Å²) in [7, 11) is 2.13. The van der Waals surface area contributed by atoms with Crippen LogP contribution in [0, 0.1) is 6.92 Å². The van der Waals surface area contributed by atoms with E-state index in [1.54, 1.807) is 6.26 Å². The molecule has 4 heteroatoms. The van der Waals surface area contributed by atoms with Gasteiger partial charge in [0, 0.05) is 11.6 Å². The minimum atomic E-state index is 0.0969. The lowest BCUT2D eigenvalue weighted by Crippen LogP contribution is -2.46. The standard InChI is InChI=1S/C19H24N2O2/c1-15-5-3-6-16(13-15)19(22)21(14-18-7-4-12-23-18)17-8-10-20(2)11-9-17/h3-7,12-13,17H,8-11,14H2,1-2H3. The topological polar surface area (TPSA) is 36.7 Å². The molecular weight excluding hydrogens is 288 g/mol. The molecule has 1 aromatic carbocycles. The number of furan rings is 1. The van der Waals surface area contributed by atoms with Crippen LogP contribution < -0.4 is 0 Å². The van der Waals surface area contributed by atoms with Crippen molar-refractivity contribution < 1.29 is 9.21 Å². The fourth-order valence-corrected chi connectivity index (χ4v) is 3.19. The molecule has 1 saturated heterocycles. The summed E-state index contributed by atoms with van der Waals surface area (Å²) in [4.78, 5) is 17.4. The van der Waals surface area contributed by atoms with E-state index in [-0.39, 0.29) is 11.9 Å². The lowest BCUT2D eigenvalue weighted by Gasteiger charge is -2.37. The van der Waals surface area contributed by atoms with Gasteiger partial charge in [-0.1, -0.05) is 17.7 Å². The number of amides is 1. The van der Waals surface area contributed by atoms with E-state index in [2.05, 4.69) is 11.9 Å². The molecule has 2 aromatic rings. The Kier molecular flexibility index (Phi) is 4.82. The van der Waals surface area contributed by atoms with Crippen LogP contribution >= 0.6 is 0 Å². The van der Waals surface area contributed by atoms with Crippen molar-refractivity contribution in [2.75, 3.05) is 20.1 Å². The Balaban J connectivity index is 1.83. The maximum atomic E-state index is 13.1. The first-order chi connectivity index (χ1) is 11.1. The Morgan fingerprint density at radius 1 is 1.26 bits per heavy atom. The highest BCUT2D eigenvalue weighted by molar-refractivity contribution is 5.94. The second-order valence-corrected chi connectivity index (χ2v) is 6.42. The van der Waals surface area contributed by atoms with Crippen LogP contribution in [0.5, 0.6) is 0 Å². The lowest BCUT2D eigenvalue weighted by molar-refractivity contribution is 0.0550. The van der Waals surface area contributed by atoms with Crippen molar-refractivity contribution in [3.8, 4) is 0 Å². The molecule has 0 aliphatic carbocycles. The molecule has 2 heterocycles. The molecule has 0 radical (unpaired) electrons. The zero-order chi connectivity index (χ0) is 16.2. The molecule has 3 rings (SSSR count). The lowest BCUT2D eigenvalue weighted by atomic mass is 10.0. The van der Waals surface area contributed by atoms with Crippen LogP contribution in [0.25, 0.3) is 0 Å². The zero-order valence-corrected chi connectivity index (χ0v) is 13.9. The Bertz CT molecular complexity index is 643. The van der Waals surface area contributed by atoms with Crippen LogP contribution in [0.2, 0.25) is 0 Å². The van der Waals surface area contributed by atoms with Gasteiger partial charge < -0.3 is 14.2 Å². The van der Waals surface area contributed by atoms with Crippen LogP contribution in [0.1, 0.15) is 34.5 Å². The number of hydrogen-bond acceptors (Lipinski definition) is 3. The summed E-state index contributed by atoms with van der Waals surface area (Å²) in [6.45, 7) is 4.61. The first kappa shape index (κ1) is 15.8. The van der Waals surface area contributed by atoms with E-state index >= 15 is 0 Å². The molecule has 122 valence electrons. The van der Waals surface area contributed by atoms with Crippen molar-refractivity contribution in [1.82, 2.24) is 9.80 Å². The van der Waals surface area contributed by atoms with Crippen LogP contribution in [0.3, 0.4) is 0 Å². The highest BCUT2D eigenvalue weighted by Crippen LogP contribution is 2.21. The molecule has 0 N–H and O–H groups in total. The van der Waals surface area contributed by atoms with Crippen molar-refractivity contribution in [1.29, 1.82) is 0 Å². The zero-order valence-electron chi connectivity index (χ0n) is 13.9. The van der Waals surface area contributed by atoms with Crippen LogP contribution in [0.15, 0.2) is 47.1 Å². The van der Waals surface area contributed by atoms with Crippen LogP contribution in [-0.2, 0) is 6.54 Å². The minimum Gasteiger partial charge on any atom is -0.467 e. The van der Waals surface area contributed by atoms with Gasteiger partial charge in [-0.3, -0.25) is 4.79 Å². The Morgan fingerprint density at radius 3 is 2.70 bits per heavy atom. The van der Waals surface area contributed by atoms with Gasteiger partial charge in [0.15, 0.2) is 0 Å². The number of benzene rings is 1. The summed E-state index contributed by atoms with van der Waals surface area (Å²) in [6, 6.07) is 11.9. The molecule has 0 spiro atoms. The van der Waals surface area contributed by atoms with Gasteiger partial charge in [0.1, 0.15) is 5.76 Å². The van der Waals surface area contributed by atoms with Gasteiger partial charge in [-0.15, -0.1) is 0 Å². The molecule has 1 aliphatic rings. The van der Waals surface area contributed by atoms with Gasteiger partial charge in [0.05, 0.1) is 12.8 Å². The fraction of sp³-hybridized carbons (Fsp3) is 0.421. The van der Waals surface area contributed by atoms with Gasteiger partial charge >= 0.3 is 0 Å². The number of carbonyl (C=O) groups excluding carboxylic acids is 1. The first-order valence-corrected chi connectivity index (χ1v) is 8.22. The van der Waals surface area contributed by atoms with E-state index in [1.165, 1.54) is 0 Å². The van der Waals surface area contributed by atoms with E-state index in [0.717, 1.165) is 42.8 Å². The molecule has 1 amide bonds. The van der Waals surface area contributed by atoms with Crippen molar-refractivity contribution in [3.63, 3.8) is 0 Å². The third kappa shape index (κ3) is 3.82. The number of likely N-dealkylation sites (tertiary alicyclic amines) is 1. The van der Waals surface area contributed by atoms with E-state index in [9.17, 15) is 4.79 Å². The largest absolute Gasteiger partial charge is 0.467 e. The third-order valence-electron chi connectivity index (χ3n) is 4.56. The molecule has 23 heavy (non-hydrogen) atoms. The first-order valence-electron chi connectivity index (χ1n) is 8.22. The summed E-state index contributed by atoms with van der Waals surface area (Å²) in [6.07, 6.45) is 3.68. The predicted molar refractivity (Wildman–Crippen MR) is 90.3 cm³/mol. The number of hydrogen-bond donors (Lipinski definition) is 0. The molecule has 0 unspecified atom stereocenters. The SMILES string of the molecule is Cc1cccc(C(=O)N(Cc2ccco2)C2CCN(C)CC2)c1. The monoisotopic (exact) mass is 312 g/mol. The second-order valence-electron chi connectivity index (χ2n) is 6.42. The molecule has 0 saturated carbocycles. The van der Waals surface area contributed by atoms with Crippen molar-refractivity contribution in [2.24, 2.45) is 0 Å². The summed E-state index contributed by atoms with van der Waals surface area (Å²) >= 11 is 0. The van der Waals surface area contributed by atoms with E-state index in [1.807, 2.05) is 48.2 Å². The summed E-state index contributed by atoms with van der Waals surface area (Å²) in [5, 5.41) is 0. The summed E-state index contributed by atoms with van der Waals surface area (Å²) < 4.78 is 5.48. The predicted octanol–water partition coefficient (Wildman–Crippen LogP) is 3.32. The van der Waals surface area contributed by atoms with Crippen LogP contribution in [-0.4, -0.2) is 41.9 Å². The maximum Gasteiger partial charge on any atom is 0.254 e. The Morgan fingerprint density at radius 2 is 2.04 bits per heavy atom. The normalized spacial score (nSPS) is 16.4. The number of nitrogens with zero attached hydrogens (tertiary/aromatic N) is 2. The van der Waals surface area contributed by atoms with Crippen molar-refractivity contribution in [3.05, 3.63) is 59.5 Å². The molecule has 0 bridgehead atoms. The van der Waals surface area contributed by atoms with E-state index in [0.29, 0.717) is 6.54 Å². The Labute approximate surface area is 137 Å². The molecule has 1 fully saturated rings. The number of carbonyl (C=O) groups is 1. The van der Waals surface area contributed by atoms with E-state index in [4.69, 9.17) is 4.42 Å². The molecule has 1 aromatic heterocycles. The fourth-order valence-electron chi connectivity index (χ4n) is 3.19. The number of rotatable bonds is 4. The number of piperidine rings is 1. The quantitative estimate of drug-likeness (QED) is 0.869. The average molecular weight is 312 g/mol. The maximum absolute atomic E-state index is 13.1. The van der Waals surface area contributed by atoms with Gasteiger partial charge in [-0.25, -0.2) is 0 Å². The van der Waals surface area contributed by atoms with Crippen molar-refractivity contribution in [2.45, 2.75) is 32.4 Å². The van der Waals surface area contributed by atoms with Crippen LogP contribution in [0.4, 0.5) is 0 Å². The van der Waals surface area contributed by atoms with Gasteiger partial charge in [0.25, 0.3) is 5.91 Å². The molecule has 4 nitrogen and oxygen atoms in total. The summed E-state index contributed by atoms with van der Waals surface area (Å²) in [5.41, 5.74) is 1.87. The summed E-state index contributed by atoms with van der Waals surface area (Å²) in [5.74, 6) is 0.935. The molecule has 0 atom stereocenters. The van der Waals surface area contributed by atoms with Gasteiger partial charge in [-0.2, -0.15) is 0 Å². The van der Waals surface area contributed by atoms with E-state index < -0.39 is 0 Å². The molecule has 1 aliphatic heterocycles. The van der Waals surface area contributed by atoms with Gasteiger partial charge in [-0.05, 0) is 64.2 Å². The third-order valence-corrected chi connectivity index (χ3v) is 4.56. The minimum absolute atomic E-state index is 0.0969. The highest BCUT2D eigenvalue weighted by atomic mass is 16.3.